The number of fused-ring (bicyclic) bond motifs is 7. The molecule has 0 saturated carbocycles. The Bertz CT molecular complexity index is 2010. The van der Waals surface area contributed by atoms with E-state index in [2.05, 4.69) is 33.9 Å². The number of ether oxygens (including phenoxy) is 13. The van der Waals surface area contributed by atoms with E-state index in [0.29, 0.717) is 38.5 Å². The summed E-state index contributed by atoms with van der Waals surface area (Å²) in [5.41, 5.74) is 2.95. The van der Waals surface area contributed by atoms with E-state index in [1.807, 2.05) is 24.3 Å². The third kappa shape index (κ3) is 7.39. The van der Waals surface area contributed by atoms with Gasteiger partial charge in [-0.1, -0.05) is 46.1 Å². The number of esters is 1. The molecule has 13 rings (SSSR count). The van der Waals surface area contributed by atoms with Crippen LogP contribution in [-0.2, 0) is 61.6 Å². The summed E-state index contributed by atoms with van der Waals surface area (Å²) in [4.78, 5) is 14.3. The second kappa shape index (κ2) is 17.1. The lowest BCUT2D eigenvalue weighted by Crippen LogP contribution is -2.63. The second-order valence-corrected chi connectivity index (χ2v) is 21.4. The van der Waals surface area contributed by atoms with Gasteiger partial charge >= 0.3 is 5.97 Å². The number of carbonyl (C=O) groups excluding carboxylic acids is 1. The molecule has 12 aliphatic heterocycles. The number of benzene rings is 1. The van der Waals surface area contributed by atoms with Gasteiger partial charge in [0.25, 0.3) is 0 Å². The number of hydrogen-bond donors (Lipinski definition) is 1. The van der Waals surface area contributed by atoms with E-state index >= 15 is 0 Å². The normalized spacial score (nSPS) is 51.9. The van der Waals surface area contributed by atoms with Crippen molar-refractivity contribution in [1.82, 2.24) is 0 Å². The minimum Gasteiger partial charge on any atom is -0.497 e. The molecule has 0 aromatic heterocycles. The summed E-state index contributed by atoms with van der Waals surface area (Å²) in [6.45, 7) is 15.6. The molecule has 2 spiro atoms. The van der Waals surface area contributed by atoms with E-state index in [-0.39, 0.29) is 85.6 Å². The molecule has 15 nitrogen and oxygen atoms in total. The molecule has 12 saturated heterocycles. The largest absolute Gasteiger partial charge is 0.497 e. The minimum absolute atomic E-state index is 0.0133. The molecule has 12 bridgehead atoms. The molecule has 23 atom stereocenters. The van der Waals surface area contributed by atoms with Crippen molar-refractivity contribution in [1.29, 1.82) is 0 Å². The van der Waals surface area contributed by atoms with Crippen LogP contribution in [0.15, 0.2) is 48.6 Å². The molecular weight excluding hydrogens is 853 g/mol. The molecule has 1 aromatic rings. The Hall–Kier alpha value is -2.51. The first kappa shape index (κ1) is 44.7. The first-order valence-corrected chi connectivity index (χ1v) is 25.0. The number of rotatable bonds is 4. The van der Waals surface area contributed by atoms with Crippen LogP contribution in [0, 0.1) is 17.8 Å². The van der Waals surface area contributed by atoms with Crippen LogP contribution in [0.5, 0.6) is 5.75 Å². The van der Waals surface area contributed by atoms with Gasteiger partial charge in [0, 0.05) is 30.9 Å². The molecule has 12 fully saturated rings. The third-order valence-electron chi connectivity index (χ3n) is 17.3. The van der Waals surface area contributed by atoms with E-state index in [1.165, 1.54) is 0 Å². The summed E-state index contributed by atoms with van der Waals surface area (Å²) >= 11 is 0. The number of aliphatic hydroxyl groups excluding tert-OH is 1. The molecule has 23 unspecified atom stereocenters. The topological polar surface area (TPSA) is 157 Å². The monoisotopic (exact) mass is 920 g/mol. The van der Waals surface area contributed by atoms with Crippen LogP contribution in [0.2, 0.25) is 0 Å². The van der Waals surface area contributed by atoms with Gasteiger partial charge in [0.2, 0.25) is 11.6 Å². The highest BCUT2D eigenvalue weighted by Gasteiger charge is 2.83. The fraction of sp³-hybridized carbons (Fsp3) is 0.784. The standard InChI is InChI=1S/C51H68O15/c1-24-19-31-11-13-34-25(2)20-33(55-34)15-17-50-49-51(66-48(62-49)29-7-9-30(54-6)10-8-29)47(65-50)46-45(64-51)44(63-50)43-36(60-46)14-12-32(57-43)22-40(53)61-42-28(5)41-38(21-26(3)35(59-41)16-18-52)58-39(42)23-37(56-31)27(24)4/h7-10,24,26,28,31-39,41-49,52H,2,4,11-23H2,1,3,5-6H3. The Morgan fingerprint density at radius 2 is 1.47 bits per heavy atom. The molecule has 362 valence electrons. The van der Waals surface area contributed by atoms with Gasteiger partial charge in [0.1, 0.15) is 42.4 Å². The van der Waals surface area contributed by atoms with E-state index in [9.17, 15) is 9.90 Å². The Morgan fingerprint density at radius 3 is 2.29 bits per heavy atom. The SMILES string of the molecule is C=C1CC2CCC34OC5C6OC(CCC6OC6C5OC5(OC(c7ccc(OC)cc7)OC35)C6O4)CC(=O)OC3C(CC4OC(CCC1O2)CC(C)C4=C)OC1CC(C)C(CCO)OC1C3C. The maximum Gasteiger partial charge on any atom is 0.308 e. The molecule has 0 radical (unpaired) electrons. The zero-order valence-electron chi connectivity index (χ0n) is 38.7. The Morgan fingerprint density at radius 1 is 0.697 bits per heavy atom. The van der Waals surface area contributed by atoms with Crippen molar-refractivity contribution in [2.45, 2.75) is 219 Å². The minimum atomic E-state index is -1.28. The maximum absolute atomic E-state index is 14.3. The lowest BCUT2D eigenvalue weighted by atomic mass is 9.78. The summed E-state index contributed by atoms with van der Waals surface area (Å²) in [5, 5.41) is 9.87. The number of carbonyl (C=O) groups is 1. The molecule has 1 N–H and O–H groups in total. The predicted octanol–water partition coefficient (Wildman–Crippen LogP) is 5.92. The molecule has 12 aliphatic rings. The molecule has 15 heteroatoms. The van der Waals surface area contributed by atoms with Crippen LogP contribution in [-0.4, -0.2) is 140 Å². The van der Waals surface area contributed by atoms with Gasteiger partial charge in [-0.25, -0.2) is 0 Å². The van der Waals surface area contributed by atoms with Crippen molar-refractivity contribution in [3.63, 3.8) is 0 Å². The summed E-state index contributed by atoms with van der Waals surface area (Å²) in [5.74, 6) is -1.92. The van der Waals surface area contributed by atoms with Gasteiger partial charge in [-0.15, -0.1) is 0 Å². The van der Waals surface area contributed by atoms with Gasteiger partial charge in [-0.05, 0) is 92.9 Å². The molecule has 0 aliphatic carbocycles. The summed E-state index contributed by atoms with van der Waals surface area (Å²) in [6.07, 6.45) is 0.231. The fourth-order valence-corrected chi connectivity index (χ4v) is 13.8. The van der Waals surface area contributed by atoms with Gasteiger partial charge in [-0.3, -0.25) is 4.79 Å². The summed E-state index contributed by atoms with van der Waals surface area (Å²) in [6, 6.07) is 7.66. The van der Waals surface area contributed by atoms with Crippen LogP contribution in [0.3, 0.4) is 0 Å². The summed E-state index contributed by atoms with van der Waals surface area (Å²) < 4.78 is 88.5. The van der Waals surface area contributed by atoms with Crippen LogP contribution in [0.1, 0.15) is 110 Å². The Balaban J connectivity index is 0.853. The average Bonchev–Trinajstić information content (AvgIpc) is 3.98. The smallest absolute Gasteiger partial charge is 0.308 e. The lowest BCUT2D eigenvalue weighted by Gasteiger charge is -2.51. The van der Waals surface area contributed by atoms with Crippen molar-refractivity contribution >= 4 is 5.97 Å². The van der Waals surface area contributed by atoms with E-state index in [0.717, 1.165) is 54.6 Å². The number of aliphatic hydroxyl groups is 1. The second-order valence-electron chi connectivity index (χ2n) is 21.4. The molecule has 1 aromatic carbocycles. The molecular formula is C51H68O15. The highest BCUT2D eigenvalue weighted by molar-refractivity contribution is 5.70. The van der Waals surface area contributed by atoms with Crippen LogP contribution < -0.4 is 4.74 Å². The highest BCUT2D eigenvalue weighted by Crippen LogP contribution is 2.64. The zero-order chi connectivity index (χ0) is 45.2. The van der Waals surface area contributed by atoms with E-state index in [4.69, 9.17) is 61.6 Å². The predicted molar refractivity (Wildman–Crippen MR) is 232 cm³/mol. The fourth-order valence-electron chi connectivity index (χ4n) is 13.8. The highest BCUT2D eigenvalue weighted by atomic mass is 16.9. The van der Waals surface area contributed by atoms with Crippen LogP contribution in [0.25, 0.3) is 0 Å². The summed E-state index contributed by atoms with van der Waals surface area (Å²) in [7, 11) is 1.64. The van der Waals surface area contributed by atoms with E-state index in [1.54, 1.807) is 7.11 Å². The van der Waals surface area contributed by atoms with Gasteiger partial charge in [0.05, 0.1) is 74.6 Å². The molecule has 66 heavy (non-hydrogen) atoms. The van der Waals surface area contributed by atoms with Crippen molar-refractivity contribution in [3.05, 3.63) is 54.1 Å². The van der Waals surface area contributed by atoms with Gasteiger partial charge in [0.15, 0.2) is 12.4 Å². The number of hydrogen-bond acceptors (Lipinski definition) is 15. The van der Waals surface area contributed by atoms with E-state index < -0.39 is 72.8 Å². The van der Waals surface area contributed by atoms with Gasteiger partial charge in [-0.2, -0.15) is 0 Å². The Kier molecular flexibility index (Phi) is 11.6. The Labute approximate surface area is 387 Å². The zero-order valence-corrected chi connectivity index (χ0v) is 38.7. The van der Waals surface area contributed by atoms with Crippen molar-refractivity contribution in [2.24, 2.45) is 17.8 Å². The first-order chi connectivity index (χ1) is 31.9. The maximum atomic E-state index is 14.3. The quantitative estimate of drug-likeness (QED) is 0.280. The lowest BCUT2D eigenvalue weighted by molar-refractivity contribution is -0.329. The van der Waals surface area contributed by atoms with Crippen molar-refractivity contribution in [3.8, 4) is 5.75 Å². The number of methoxy groups -OCH3 is 1. The van der Waals surface area contributed by atoms with Gasteiger partial charge < -0.3 is 66.7 Å². The van der Waals surface area contributed by atoms with Crippen molar-refractivity contribution in [2.75, 3.05) is 13.7 Å². The molecule has 0 amide bonds. The van der Waals surface area contributed by atoms with Crippen LogP contribution in [0.4, 0.5) is 0 Å². The first-order valence-electron chi connectivity index (χ1n) is 25.0. The van der Waals surface area contributed by atoms with Crippen molar-refractivity contribution < 1.29 is 71.5 Å². The molecule has 12 heterocycles. The average molecular weight is 921 g/mol. The van der Waals surface area contributed by atoms with Crippen LogP contribution >= 0.6 is 0 Å². The third-order valence-corrected chi connectivity index (χ3v) is 17.3.